The topological polar surface area (TPSA) is 72.8 Å². The van der Waals surface area contributed by atoms with Gasteiger partial charge < -0.3 is 20.2 Å². The fourth-order valence-electron chi connectivity index (χ4n) is 3.54. The van der Waals surface area contributed by atoms with Crippen LogP contribution in [0, 0.1) is 6.92 Å². The summed E-state index contributed by atoms with van der Waals surface area (Å²) in [5.41, 5.74) is 9.39. The molecule has 3 N–H and O–H groups in total. The van der Waals surface area contributed by atoms with Crippen LogP contribution in [0.5, 0.6) is 5.75 Å². The minimum Gasteiger partial charge on any atom is -0.493 e. The fraction of sp³-hybridized carbons (Fsp3) is 0.286. The van der Waals surface area contributed by atoms with Crippen molar-refractivity contribution >= 4 is 40.9 Å². The standard InChI is InChI=1S/C21H23N3O2.HI/c1-14-15(16-6-2-5-9-20(16)26-14)10-12-23-21(22)24-18-11-13-25-19-8-4-3-7-17(18)19;/h2-9,18H,10-13H2,1H3,(H3,22,23,24);1H. The van der Waals surface area contributed by atoms with Crippen molar-refractivity contribution in [3.63, 3.8) is 0 Å². The van der Waals surface area contributed by atoms with Crippen LogP contribution in [0.25, 0.3) is 11.0 Å². The highest BCUT2D eigenvalue weighted by Gasteiger charge is 2.21. The fourth-order valence-corrected chi connectivity index (χ4v) is 3.54. The summed E-state index contributed by atoms with van der Waals surface area (Å²) < 4.78 is 11.5. The van der Waals surface area contributed by atoms with E-state index < -0.39 is 0 Å². The number of ether oxygens (including phenoxy) is 1. The minimum atomic E-state index is 0. The van der Waals surface area contributed by atoms with Gasteiger partial charge in [0.1, 0.15) is 17.1 Å². The molecule has 4 rings (SSSR count). The van der Waals surface area contributed by atoms with Crippen molar-refractivity contribution in [2.24, 2.45) is 10.7 Å². The number of nitrogens with two attached hydrogens (primary N) is 1. The predicted molar refractivity (Wildman–Crippen MR) is 119 cm³/mol. The number of fused-ring (bicyclic) bond motifs is 2. The summed E-state index contributed by atoms with van der Waals surface area (Å²) in [5.74, 6) is 2.34. The number of benzene rings is 2. The van der Waals surface area contributed by atoms with Gasteiger partial charge in [-0.15, -0.1) is 24.0 Å². The van der Waals surface area contributed by atoms with E-state index in [1.807, 2.05) is 43.3 Å². The number of rotatable bonds is 4. The van der Waals surface area contributed by atoms with Gasteiger partial charge in [-0.25, -0.2) is 0 Å². The molecule has 0 bridgehead atoms. The molecule has 1 atom stereocenters. The third-order valence-corrected chi connectivity index (χ3v) is 4.82. The second kappa shape index (κ2) is 8.65. The number of furan rings is 1. The van der Waals surface area contributed by atoms with Crippen LogP contribution in [0.2, 0.25) is 0 Å². The highest BCUT2D eigenvalue weighted by molar-refractivity contribution is 14.0. The van der Waals surface area contributed by atoms with Crippen LogP contribution >= 0.6 is 24.0 Å². The zero-order valence-corrected chi connectivity index (χ0v) is 17.6. The summed E-state index contributed by atoms with van der Waals surface area (Å²) >= 11 is 0. The van der Waals surface area contributed by atoms with Gasteiger partial charge in [0.05, 0.1) is 12.6 Å². The quantitative estimate of drug-likeness (QED) is 0.334. The Labute approximate surface area is 176 Å². The van der Waals surface area contributed by atoms with E-state index in [-0.39, 0.29) is 30.0 Å². The number of hydrogen-bond acceptors (Lipinski definition) is 3. The normalized spacial score (nSPS) is 16.3. The highest BCUT2D eigenvalue weighted by atomic mass is 127. The van der Waals surface area contributed by atoms with Gasteiger partial charge in [-0.05, 0) is 25.5 Å². The second-order valence-corrected chi connectivity index (χ2v) is 6.52. The minimum absolute atomic E-state index is 0. The van der Waals surface area contributed by atoms with E-state index >= 15 is 0 Å². The molecule has 6 heteroatoms. The average molecular weight is 477 g/mol. The lowest BCUT2D eigenvalue weighted by atomic mass is 10.0. The van der Waals surface area contributed by atoms with Gasteiger partial charge in [-0.2, -0.15) is 0 Å². The molecule has 2 heterocycles. The molecule has 1 aliphatic rings. The zero-order valence-electron chi connectivity index (χ0n) is 15.3. The number of halogens is 1. The van der Waals surface area contributed by atoms with Gasteiger partial charge in [0.15, 0.2) is 5.96 Å². The Morgan fingerprint density at radius 2 is 1.96 bits per heavy atom. The third kappa shape index (κ3) is 4.21. The molecule has 0 amide bonds. The molecule has 5 nitrogen and oxygen atoms in total. The summed E-state index contributed by atoms with van der Waals surface area (Å²) in [6.45, 7) is 3.30. The lowest BCUT2D eigenvalue weighted by Gasteiger charge is -2.26. The van der Waals surface area contributed by atoms with Crippen LogP contribution in [0.4, 0.5) is 0 Å². The Balaban J connectivity index is 0.00000210. The summed E-state index contributed by atoms with van der Waals surface area (Å²) in [4.78, 5) is 4.51. The monoisotopic (exact) mass is 477 g/mol. The van der Waals surface area contributed by atoms with E-state index in [2.05, 4.69) is 22.4 Å². The summed E-state index contributed by atoms with van der Waals surface area (Å²) in [7, 11) is 0. The van der Waals surface area contributed by atoms with E-state index in [1.165, 1.54) is 5.56 Å². The SMILES string of the molecule is Cc1oc2ccccc2c1CCN=C(N)NC1CCOc2ccccc21.I. The first kappa shape index (κ1) is 19.5. The van der Waals surface area contributed by atoms with Gasteiger partial charge in [0.2, 0.25) is 0 Å². The van der Waals surface area contributed by atoms with Crippen LogP contribution in [-0.4, -0.2) is 19.1 Å². The smallest absolute Gasteiger partial charge is 0.189 e. The Bertz CT molecular complexity index is 952. The van der Waals surface area contributed by atoms with E-state index in [1.54, 1.807) is 0 Å². The molecule has 142 valence electrons. The Morgan fingerprint density at radius 1 is 1.19 bits per heavy atom. The predicted octanol–water partition coefficient (Wildman–Crippen LogP) is 4.33. The van der Waals surface area contributed by atoms with E-state index in [9.17, 15) is 0 Å². The van der Waals surface area contributed by atoms with Crippen LogP contribution in [0.1, 0.15) is 29.3 Å². The largest absolute Gasteiger partial charge is 0.493 e. The molecular formula is C21H24IN3O2. The number of nitrogens with one attached hydrogen (secondary N) is 1. The first-order chi connectivity index (χ1) is 12.7. The van der Waals surface area contributed by atoms with E-state index in [0.29, 0.717) is 19.1 Å². The molecule has 2 aromatic carbocycles. The maximum Gasteiger partial charge on any atom is 0.189 e. The molecule has 0 radical (unpaired) electrons. The van der Waals surface area contributed by atoms with Gasteiger partial charge >= 0.3 is 0 Å². The van der Waals surface area contributed by atoms with Crippen molar-refractivity contribution in [1.82, 2.24) is 5.32 Å². The molecule has 3 aromatic rings. The molecule has 0 aliphatic carbocycles. The Morgan fingerprint density at radius 3 is 2.85 bits per heavy atom. The zero-order chi connectivity index (χ0) is 17.9. The van der Waals surface area contributed by atoms with Crippen molar-refractivity contribution in [1.29, 1.82) is 0 Å². The van der Waals surface area contributed by atoms with Crippen molar-refractivity contribution in [3.8, 4) is 5.75 Å². The van der Waals surface area contributed by atoms with E-state index in [4.69, 9.17) is 14.9 Å². The number of nitrogens with zero attached hydrogens (tertiary/aromatic N) is 1. The lowest BCUT2D eigenvalue weighted by Crippen LogP contribution is -2.37. The number of aliphatic imine (C=N–C) groups is 1. The van der Waals surface area contributed by atoms with Crippen molar-refractivity contribution in [2.45, 2.75) is 25.8 Å². The number of guanidine groups is 1. The molecule has 0 saturated carbocycles. The maximum absolute atomic E-state index is 6.13. The Hall–Kier alpha value is -2.22. The Kier molecular flexibility index (Phi) is 6.26. The van der Waals surface area contributed by atoms with Gasteiger partial charge in [0, 0.05) is 29.5 Å². The lowest BCUT2D eigenvalue weighted by molar-refractivity contribution is 0.262. The average Bonchev–Trinajstić information content (AvgIpc) is 2.98. The van der Waals surface area contributed by atoms with Gasteiger partial charge in [-0.1, -0.05) is 36.4 Å². The first-order valence-corrected chi connectivity index (χ1v) is 8.97. The summed E-state index contributed by atoms with van der Waals surface area (Å²) in [5, 5.41) is 4.49. The molecule has 27 heavy (non-hydrogen) atoms. The number of aryl methyl sites for hydroxylation is 1. The molecule has 1 unspecified atom stereocenters. The van der Waals surface area contributed by atoms with Crippen LogP contribution in [0.3, 0.4) is 0 Å². The molecule has 1 aromatic heterocycles. The van der Waals surface area contributed by atoms with Gasteiger partial charge in [-0.3, -0.25) is 4.99 Å². The summed E-state index contributed by atoms with van der Waals surface area (Å²) in [6.07, 6.45) is 1.67. The first-order valence-electron chi connectivity index (χ1n) is 8.97. The molecule has 0 fully saturated rings. The number of hydrogen-bond donors (Lipinski definition) is 2. The van der Waals surface area contributed by atoms with Gasteiger partial charge in [0.25, 0.3) is 0 Å². The van der Waals surface area contributed by atoms with Crippen LogP contribution in [-0.2, 0) is 6.42 Å². The molecular weight excluding hydrogens is 453 g/mol. The summed E-state index contributed by atoms with van der Waals surface area (Å²) in [6, 6.07) is 16.3. The molecule has 0 spiro atoms. The number of para-hydroxylation sites is 2. The molecule has 0 saturated heterocycles. The van der Waals surface area contributed by atoms with Crippen LogP contribution < -0.4 is 15.8 Å². The van der Waals surface area contributed by atoms with Crippen molar-refractivity contribution in [2.75, 3.05) is 13.2 Å². The molecule has 1 aliphatic heterocycles. The second-order valence-electron chi connectivity index (χ2n) is 6.52. The third-order valence-electron chi connectivity index (χ3n) is 4.82. The maximum atomic E-state index is 6.13. The van der Waals surface area contributed by atoms with E-state index in [0.717, 1.165) is 40.9 Å². The highest BCUT2D eigenvalue weighted by Crippen LogP contribution is 2.31. The van der Waals surface area contributed by atoms with Crippen molar-refractivity contribution in [3.05, 3.63) is 65.4 Å². The van der Waals surface area contributed by atoms with Crippen molar-refractivity contribution < 1.29 is 9.15 Å². The van der Waals surface area contributed by atoms with Crippen LogP contribution in [0.15, 0.2) is 57.9 Å².